The maximum absolute atomic E-state index is 12.5. The molecular weight excluding hydrogens is 386 g/mol. The van der Waals surface area contributed by atoms with Gasteiger partial charge in [0.05, 0.1) is 10.5 Å². The number of ketones is 1. The van der Waals surface area contributed by atoms with E-state index in [2.05, 4.69) is 25.2 Å². The Morgan fingerprint density at radius 1 is 1.21 bits per heavy atom. The molecule has 0 amide bonds. The lowest BCUT2D eigenvalue weighted by atomic mass is 10.0. The summed E-state index contributed by atoms with van der Waals surface area (Å²) in [7, 11) is 0. The minimum absolute atomic E-state index is 0.0123. The van der Waals surface area contributed by atoms with Crippen LogP contribution in [0.3, 0.4) is 0 Å². The summed E-state index contributed by atoms with van der Waals surface area (Å²) in [6.07, 6.45) is 5.08. The number of carbonyl (C=O) groups is 1. The summed E-state index contributed by atoms with van der Waals surface area (Å²) in [5, 5.41) is 14.7. The van der Waals surface area contributed by atoms with E-state index < -0.39 is 4.92 Å². The lowest BCUT2D eigenvalue weighted by Gasteiger charge is -2.38. The first-order valence-corrected chi connectivity index (χ1v) is 9.46. The van der Waals surface area contributed by atoms with Crippen molar-refractivity contribution in [1.82, 2.24) is 5.32 Å². The number of benzene rings is 2. The highest BCUT2D eigenvalue weighted by atomic mass is 32.1. The van der Waals surface area contributed by atoms with Crippen molar-refractivity contribution >= 4 is 40.6 Å². The van der Waals surface area contributed by atoms with Crippen molar-refractivity contribution in [2.45, 2.75) is 26.3 Å². The Labute approximate surface area is 174 Å². The Balaban J connectivity index is 1.76. The molecule has 1 N–H and O–H groups in total. The van der Waals surface area contributed by atoms with E-state index >= 15 is 0 Å². The second kappa shape index (κ2) is 7.97. The molecule has 148 valence electrons. The van der Waals surface area contributed by atoms with Crippen molar-refractivity contribution in [3.63, 3.8) is 0 Å². The molecule has 0 saturated heterocycles. The molecule has 0 radical (unpaired) electrons. The predicted molar refractivity (Wildman–Crippen MR) is 119 cm³/mol. The van der Waals surface area contributed by atoms with E-state index in [1.165, 1.54) is 18.2 Å². The molecule has 2 aromatic rings. The van der Waals surface area contributed by atoms with Crippen LogP contribution in [0.25, 0.3) is 6.08 Å². The molecule has 0 saturated carbocycles. The molecule has 7 heteroatoms. The topological polar surface area (TPSA) is 75.5 Å². The fourth-order valence-corrected chi connectivity index (χ4v) is 3.73. The average Bonchev–Trinajstić information content (AvgIpc) is 2.65. The highest BCUT2D eigenvalue weighted by molar-refractivity contribution is 7.80. The molecule has 6 nitrogen and oxygen atoms in total. The minimum atomic E-state index is -0.463. The summed E-state index contributed by atoms with van der Waals surface area (Å²) in [6.45, 7) is 6.10. The molecule has 0 unspecified atom stereocenters. The maximum atomic E-state index is 12.5. The number of hydrogen-bond donors (Lipinski definition) is 1. The monoisotopic (exact) mass is 407 g/mol. The first-order valence-electron chi connectivity index (χ1n) is 9.05. The van der Waals surface area contributed by atoms with E-state index in [1.54, 1.807) is 30.3 Å². The number of rotatable bonds is 5. The summed E-state index contributed by atoms with van der Waals surface area (Å²) in [5.41, 5.74) is 2.78. The van der Waals surface area contributed by atoms with Gasteiger partial charge in [-0.2, -0.15) is 0 Å². The quantitative estimate of drug-likeness (QED) is 0.251. The van der Waals surface area contributed by atoms with Crippen molar-refractivity contribution in [2.75, 3.05) is 4.90 Å². The summed E-state index contributed by atoms with van der Waals surface area (Å²) in [6, 6.07) is 13.3. The zero-order valence-electron chi connectivity index (χ0n) is 16.4. The normalized spacial score (nSPS) is 15.8. The van der Waals surface area contributed by atoms with Gasteiger partial charge in [0.25, 0.3) is 5.69 Å². The van der Waals surface area contributed by atoms with Gasteiger partial charge in [-0.1, -0.05) is 18.2 Å². The van der Waals surface area contributed by atoms with Gasteiger partial charge >= 0.3 is 0 Å². The Hall–Kier alpha value is -3.32. The van der Waals surface area contributed by atoms with Gasteiger partial charge in [-0.05, 0) is 75.0 Å². The van der Waals surface area contributed by atoms with E-state index in [0.717, 1.165) is 11.4 Å². The first-order chi connectivity index (χ1) is 13.7. The second-order valence-electron chi connectivity index (χ2n) is 7.37. The first kappa shape index (κ1) is 20.4. The van der Waals surface area contributed by atoms with Crippen LogP contribution >= 0.6 is 12.2 Å². The third-order valence-corrected chi connectivity index (χ3v) is 4.76. The van der Waals surface area contributed by atoms with Crippen LogP contribution in [0.15, 0.2) is 66.4 Å². The van der Waals surface area contributed by atoms with Gasteiger partial charge in [0, 0.05) is 29.1 Å². The van der Waals surface area contributed by atoms with Crippen LogP contribution in [0.4, 0.5) is 11.4 Å². The fourth-order valence-electron chi connectivity index (χ4n) is 3.22. The molecule has 1 heterocycles. The lowest BCUT2D eigenvalue weighted by molar-refractivity contribution is -0.384. The zero-order chi connectivity index (χ0) is 21.2. The Bertz CT molecular complexity index is 1040. The summed E-state index contributed by atoms with van der Waals surface area (Å²) < 4.78 is 0. The number of nitrogens with zero attached hydrogens (tertiary/aromatic N) is 2. The van der Waals surface area contributed by atoms with E-state index in [4.69, 9.17) is 12.2 Å². The van der Waals surface area contributed by atoms with Gasteiger partial charge in [0.15, 0.2) is 10.9 Å². The highest BCUT2D eigenvalue weighted by Gasteiger charge is 2.27. The average molecular weight is 407 g/mol. The fraction of sp³-hybridized carbons (Fsp3) is 0.182. The van der Waals surface area contributed by atoms with Gasteiger partial charge in [0.2, 0.25) is 0 Å². The largest absolute Gasteiger partial charge is 0.354 e. The number of non-ortho nitro benzene ring substituents is 1. The Kier molecular flexibility index (Phi) is 5.61. The van der Waals surface area contributed by atoms with Gasteiger partial charge in [-0.25, -0.2) is 0 Å². The standard InChI is InChI=1S/C22H21N3O3S/c1-15-14-22(2,3)23-21(29)24(15)18-10-8-17(9-11-18)20(26)12-7-16-5-4-6-19(13-16)25(27)28/h4-14H,1-3H3,(H,23,29). The molecular formula is C22H21N3O3S. The van der Waals surface area contributed by atoms with Crippen LogP contribution in [0, 0.1) is 10.1 Å². The van der Waals surface area contributed by atoms with Crippen molar-refractivity contribution in [3.05, 3.63) is 87.6 Å². The third kappa shape index (κ3) is 4.75. The van der Waals surface area contributed by atoms with Crippen LogP contribution in [0.5, 0.6) is 0 Å². The number of nitrogens with one attached hydrogen (secondary N) is 1. The Morgan fingerprint density at radius 2 is 1.90 bits per heavy atom. The third-order valence-electron chi connectivity index (χ3n) is 4.47. The van der Waals surface area contributed by atoms with Crippen molar-refractivity contribution in [1.29, 1.82) is 0 Å². The zero-order valence-corrected chi connectivity index (χ0v) is 17.2. The van der Waals surface area contributed by atoms with Crippen molar-refractivity contribution in [2.24, 2.45) is 0 Å². The van der Waals surface area contributed by atoms with Gasteiger partial charge in [-0.3, -0.25) is 19.8 Å². The van der Waals surface area contributed by atoms with Crippen LogP contribution < -0.4 is 10.2 Å². The summed E-state index contributed by atoms with van der Waals surface area (Å²) in [5.74, 6) is -0.184. The maximum Gasteiger partial charge on any atom is 0.270 e. The molecule has 0 aromatic heterocycles. The SMILES string of the molecule is CC1=CC(C)(C)NC(=S)N1c1ccc(C(=O)C=Cc2cccc([N+](=O)[O-])c2)cc1. The molecule has 0 bridgehead atoms. The van der Waals surface area contributed by atoms with Crippen LogP contribution in [0.1, 0.15) is 36.7 Å². The smallest absolute Gasteiger partial charge is 0.270 e. The second-order valence-corrected chi connectivity index (χ2v) is 7.76. The Morgan fingerprint density at radius 3 is 2.52 bits per heavy atom. The number of nitro groups is 1. The van der Waals surface area contributed by atoms with Crippen LogP contribution in [-0.2, 0) is 0 Å². The van der Waals surface area contributed by atoms with Crippen LogP contribution in [-0.4, -0.2) is 21.4 Å². The summed E-state index contributed by atoms with van der Waals surface area (Å²) >= 11 is 5.49. The number of thiocarbonyl (C=S) groups is 1. The molecule has 3 rings (SSSR count). The van der Waals surface area contributed by atoms with Crippen LogP contribution in [0.2, 0.25) is 0 Å². The molecule has 2 aromatic carbocycles. The van der Waals surface area contributed by atoms with E-state index in [-0.39, 0.29) is 17.0 Å². The number of nitro benzene ring substituents is 1. The number of hydrogen-bond acceptors (Lipinski definition) is 4. The molecule has 1 aliphatic rings. The van der Waals surface area contributed by atoms with Gasteiger partial charge in [-0.15, -0.1) is 0 Å². The molecule has 0 fully saturated rings. The molecule has 0 spiro atoms. The molecule has 1 aliphatic heterocycles. The summed E-state index contributed by atoms with van der Waals surface area (Å²) in [4.78, 5) is 24.8. The molecule has 0 aliphatic carbocycles. The van der Waals surface area contributed by atoms with E-state index in [1.807, 2.05) is 24.0 Å². The highest BCUT2D eigenvalue weighted by Crippen LogP contribution is 2.26. The predicted octanol–water partition coefficient (Wildman–Crippen LogP) is 4.87. The number of allylic oxidation sites excluding steroid dienone is 2. The van der Waals surface area contributed by atoms with E-state index in [0.29, 0.717) is 16.2 Å². The van der Waals surface area contributed by atoms with Gasteiger partial charge in [0.1, 0.15) is 0 Å². The number of anilines is 1. The van der Waals surface area contributed by atoms with Crippen molar-refractivity contribution < 1.29 is 9.72 Å². The van der Waals surface area contributed by atoms with E-state index in [9.17, 15) is 14.9 Å². The lowest BCUT2D eigenvalue weighted by Crippen LogP contribution is -2.53. The van der Waals surface area contributed by atoms with Gasteiger partial charge < -0.3 is 5.32 Å². The number of carbonyl (C=O) groups excluding carboxylic acids is 1. The molecule has 29 heavy (non-hydrogen) atoms. The molecule has 0 atom stereocenters. The van der Waals surface area contributed by atoms with Crippen molar-refractivity contribution in [3.8, 4) is 0 Å². The minimum Gasteiger partial charge on any atom is -0.354 e.